The van der Waals surface area contributed by atoms with E-state index < -0.39 is 0 Å². The summed E-state index contributed by atoms with van der Waals surface area (Å²) in [6, 6.07) is 0. The van der Waals surface area contributed by atoms with Gasteiger partial charge < -0.3 is 14.8 Å². The van der Waals surface area contributed by atoms with Gasteiger partial charge in [-0.2, -0.15) is 0 Å². The van der Waals surface area contributed by atoms with Gasteiger partial charge >= 0.3 is 0 Å². The molecule has 0 radical (unpaired) electrons. The van der Waals surface area contributed by atoms with Gasteiger partial charge in [0.2, 0.25) is 0 Å². The van der Waals surface area contributed by atoms with Crippen molar-refractivity contribution in [3.63, 3.8) is 0 Å². The summed E-state index contributed by atoms with van der Waals surface area (Å²) >= 11 is 0. The largest absolute Gasteiger partial charge is 0.365 e. The number of hydrogen-bond acceptors (Lipinski definition) is 4. The Morgan fingerprint density at radius 1 is 1.56 bits per heavy atom. The minimum absolute atomic E-state index is 0.00861. The Morgan fingerprint density at radius 2 is 2.39 bits per heavy atom. The molecule has 1 fully saturated rings. The van der Waals surface area contributed by atoms with Crippen LogP contribution in [-0.2, 0) is 6.54 Å². The third-order valence-electron chi connectivity index (χ3n) is 3.43. The lowest BCUT2D eigenvalue weighted by atomic mass is 10.1. The molecule has 1 aromatic heterocycles. The molecular weight excluding hydrogens is 228 g/mol. The van der Waals surface area contributed by atoms with Crippen LogP contribution in [0.5, 0.6) is 0 Å². The molecule has 1 unspecified atom stereocenters. The summed E-state index contributed by atoms with van der Waals surface area (Å²) in [6.45, 7) is 5.90. The normalized spacial score (nSPS) is 20.2. The molecule has 2 rings (SSSR count). The van der Waals surface area contributed by atoms with Gasteiger partial charge in [-0.1, -0.05) is 6.92 Å². The van der Waals surface area contributed by atoms with Gasteiger partial charge in [-0.15, -0.1) is 0 Å². The molecule has 1 aliphatic heterocycles. The number of hydrogen-bond donors (Lipinski definition) is 1. The Balaban J connectivity index is 1.97. The highest BCUT2D eigenvalue weighted by atomic mass is 16.1. The Hall–Kier alpha value is -1.36. The van der Waals surface area contributed by atoms with Gasteiger partial charge in [-0.3, -0.25) is 4.79 Å². The molecule has 100 valence electrons. The lowest BCUT2D eigenvalue weighted by Crippen LogP contribution is -2.27. The van der Waals surface area contributed by atoms with Crippen molar-refractivity contribution in [2.75, 3.05) is 32.0 Å². The molecule has 1 atom stereocenters. The minimum atomic E-state index is -0.00861. The van der Waals surface area contributed by atoms with Crippen LogP contribution in [0.3, 0.4) is 0 Å². The zero-order valence-corrected chi connectivity index (χ0v) is 11.2. The summed E-state index contributed by atoms with van der Waals surface area (Å²) in [4.78, 5) is 18.5. The van der Waals surface area contributed by atoms with E-state index in [-0.39, 0.29) is 5.56 Å². The van der Waals surface area contributed by atoms with E-state index in [4.69, 9.17) is 0 Å². The summed E-state index contributed by atoms with van der Waals surface area (Å²) in [5.41, 5.74) is -0.00861. The van der Waals surface area contributed by atoms with Crippen LogP contribution < -0.4 is 10.9 Å². The predicted molar refractivity (Wildman–Crippen MR) is 72.9 cm³/mol. The van der Waals surface area contributed by atoms with E-state index >= 15 is 0 Å². The maximum Gasteiger partial charge on any atom is 0.293 e. The van der Waals surface area contributed by atoms with Crippen LogP contribution in [0.1, 0.15) is 19.8 Å². The monoisotopic (exact) mass is 250 g/mol. The highest BCUT2D eigenvalue weighted by molar-refractivity contribution is 5.30. The lowest BCUT2D eigenvalue weighted by molar-refractivity contribution is 0.399. The fourth-order valence-corrected chi connectivity index (χ4v) is 2.42. The van der Waals surface area contributed by atoms with Crippen LogP contribution in [0, 0.1) is 5.92 Å². The molecule has 18 heavy (non-hydrogen) atoms. The van der Waals surface area contributed by atoms with Crippen molar-refractivity contribution in [2.24, 2.45) is 5.92 Å². The zero-order valence-electron chi connectivity index (χ0n) is 11.2. The number of likely N-dealkylation sites (tertiary alicyclic amines) is 1. The molecule has 0 saturated carbocycles. The summed E-state index contributed by atoms with van der Waals surface area (Å²) < 4.78 is 1.72. The highest BCUT2D eigenvalue weighted by Crippen LogP contribution is 2.14. The van der Waals surface area contributed by atoms with Gasteiger partial charge in [0.25, 0.3) is 5.56 Å². The molecular formula is C13H22N4O. The molecule has 0 amide bonds. The van der Waals surface area contributed by atoms with Crippen LogP contribution in [0.25, 0.3) is 0 Å². The maximum atomic E-state index is 12.1. The molecule has 1 aromatic rings. The van der Waals surface area contributed by atoms with Crippen molar-refractivity contribution in [3.05, 3.63) is 22.7 Å². The molecule has 1 saturated heterocycles. The molecule has 0 aliphatic carbocycles. The summed E-state index contributed by atoms with van der Waals surface area (Å²) in [7, 11) is 2.13. The van der Waals surface area contributed by atoms with E-state index in [0.717, 1.165) is 32.6 Å². The van der Waals surface area contributed by atoms with Gasteiger partial charge in [0.15, 0.2) is 5.82 Å². The second-order valence-electron chi connectivity index (χ2n) is 5.07. The molecule has 1 N–H and O–H groups in total. The SMILES string of the molecule is CCCn1ccnc(NCC2CCN(C)C2)c1=O. The van der Waals surface area contributed by atoms with E-state index in [0.29, 0.717) is 11.7 Å². The lowest BCUT2D eigenvalue weighted by Gasteiger charge is -2.12. The van der Waals surface area contributed by atoms with E-state index in [1.165, 1.54) is 6.42 Å². The zero-order chi connectivity index (χ0) is 13.0. The van der Waals surface area contributed by atoms with E-state index in [2.05, 4.69) is 29.2 Å². The summed E-state index contributed by atoms with van der Waals surface area (Å²) in [6.07, 6.45) is 5.59. The standard InChI is InChI=1S/C13H22N4O/c1-3-6-17-8-5-14-12(13(17)18)15-9-11-4-7-16(2)10-11/h5,8,11H,3-4,6-7,9-10H2,1-2H3,(H,14,15). The van der Waals surface area contributed by atoms with Crippen molar-refractivity contribution in [3.8, 4) is 0 Å². The van der Waals surface area contributed by atoms with E-state index in [9.17, 15) is 4.79 Å². The van der Waals surface area contributed by atoms with Gasteiger partial charge in [-0.25, -0.2) is 4.98 Å². The van der Waals surface area contributed by atoms with Crippen molar-refractivity contribution in [2.45, 2.75) is 26.3 Å². The van der Waals surface area contributed by atoms with Crippen LogP contribution in [-0.4, -0.2) is 41.1 Å². The fourth-order valence-electron chi connectivity index (χ4n) is 2.42. The van der Waals surface area contributed by atoms with Crippen molar-refractivity contribution >= 4 is 5.82 Å². The molecule has 0 bridgehead atoms. The smallest absolute Gasteiger partial charge is 0.293 e. The van der Waals surface area contributed by atoms with Crippen molar-refractivity contribution in [1.82, 2.24) is 14.5 Å². The Morgan fingerprint density at radius 3 is 3.06 bits per heavy atom. The second-order valence-corrected chi connectivity index (χ2v) is 5.07. The molecule has 0 aromatic carbocycles. The van der Waals surface area contributed by atoms with Gasteiger partial charge in [-0.05, 0) is 32.4 Å². The minimum Gasteiger partial charge on any atom is -0.365 e. The van der Waals surface area contributed by atoms with Crippen molar-refractivity contribution < 1.29 is 0 Å². The Labute approximate surface area is 108 Å². The quantitative estimate of drug-likeness (QED) is 0.847. The predicted octanol–water partition coefficient (Wildman–Crippen LogP) is 1.02. The third kappa shape index (κ3) is 3.10. The Kier molecular flexibility index (Phi) is 4.36. The average molecular weight is 250 g/mol. The molecule has 0 spiro atoms. The van der Waals surface area contributed by atoms with Crippen LogP contribution in [0.15, 0.2) is 17.2 Å². The van der Waals surface area contributed by atoms with E-state index in [1.54, 1.807) is 17.0 Å². The fraction of sp³-hybridized carbons (Fsp3) is 0.692. The Bertz CT molecular complexity index is 443. The number of nitrogens with zero attached hydrogens (tertiary/aromatic N) is 3. The molecule has 5 heteroatoms. The number of rotatable bonds is 5. The van der Waals surface area contributed by atoms with Gasteiger partial charge in [0, 0.05) is 32.0 Å². The van der Waals surface area contributed by atoms with Crippen LogP contribution >= 0.6 is 0 Å². The number of anilines is 1. The first-order valence-electron chi connectivity index (χ1n) is 6.68. The van der Waals surface area contributed by atoms with Gasteiger partial charge in [0.1, 0.15) is 0 Å². The van der Waals surface area contributed by atoms with E-state index in [1.807, 2.05) is 0 Å². The molecule has 1 aliphatic rings. The van der Waals surface area contributed by atoms with Gasteiger partial charge in [0.05, 0.1) is 0 Å². The topological polar surface area (TPSA) is 50.2 Å². The number of aryl methyl sites for hydroxylation is 1. The van der Waals surface area contributed by atoms with Crippen molar-refractivity contribution in [1.29, 1.82) is 0 Å². The highest BCUT2D eigenvalue weighted by Gasteiger charge is 2.19. The average Bonchev–Trinajstić information content (AvgIpc) is 2.77. The molecule has 5 nitrogen and oxygen atoms in total. The molecule has 2 heterocycles. The maximum absolute atomic E-state index is 12.1. The number of aromatic nitrogens is 2. The first-order chi connectivity index (χ1) is 8.70. The number of nitrogens with one attached hydrogen (secondary N) is 1. The van der Waals surface area contributed by atoms with Crippen LogP contribution in [0.2, 0.25) is 0 Å². The first kappa shape index (κ1) is 13.1. The third-order valence-corrected chi connectivity index (χ3v) is 3.43. The van der Waals surface area contributed by atoms with Crippen LogP contribution in [0.4, 0.5) is 5.82 Å². The summed E-state index contributed by atoms with van der Waals surface area (Å²) in [5, 5.41) is 3.20. The summed E-state index contributed by atoms with van der Waals surface area (Å²) in [5.74, 6) is 1.11. The second kappa shape index (κ2) is 6.00. The first-order valence-corrected chi connectivity index (χ1v) is 6.68.